The molecule has 1 atom stereocenters. The van der Waals surface area contributed by atoms with Crippen molar-refractivity contribution in [2.24, 2.45) is 0 Å². The summed E-state index contributed by atoms with van der Waals surface area (Å²) in [5, 5.41) is 12.0. The van der Waals surface area contributed by atoms with Gasteiger partial charge in [-0.1, -0.05) is 48.5 Å². The van der Waals surface area contributed by atoms with Crippen molar-refractivity contribution >= 4 is 11.0 Å². The van der Waals surface area contributed by atoms with Gasteiger partial charge in [-0.05, 0) is 17.7 Å². The van der Waals surface area contributed by atoms with Crippen molar-refractivity contribution in [2.75, 3.05) is 0 Å². The minimum Gasteiger partial charge on any atom is -0.458 e. The quantitative estimate of drug-likeness (QED) is 0.730. The van der Waals surface area contributed by atoms with Crippen molar-refractivity contribution in [1.82, 2.24) is 0 Å². The van der Waals surface area contributed by atoms with Crippen LogP contribution in [0.25, 0.3) is 11.0 Å². The van der Waals surface area contributed by atoms with E-state index in [4.69, 9.17) is 10.8 Å². The average Bonchev–Trinajstić information content (AvgIpc) is 2.93. The Bertz CT molecular complexity index is 732. The monoisotopic (exact) mass is 262 g/mol. The highest BCUT2D eigenvalue weighted by Crippen LogP contribution is 2.35. The standard InChI is InChI=1S/C18H14O2/c1-2-12-18(19,15-9-4-3-5-10-15)17-13-14-8-6-7-11-16(14)20-17/h1,3-11,13,19H,12H2. The molecule has 0 fully saturated rings. The Morgan fingerprint density at radius 2 is 1.75 bits per heavy atom. The van der Waals surface area contributed by atoms with Gasteiger partial charge in [-0.2, -0.15) is 0 Å². The van der Waals surface area contributed by atoms with Gasteiger partial charge in [-0.15, -0.1) is 12.3 Å². The second kappa shape index (κ2) is 4.88. The van der Waals surface area contributed by atoms with E-state index >= 15 is 0 Å². The smallest absolute Gasteiger partial charge is 0.158 e. The Balaban J connectivity index is 2.18. The van der Waals surface area contributed by atoms with Crippen LogP contribution in [-0.2, 0) is 5.60 Å². The van der Waals surface area contributed by atoms with Gasteiger partial charge in [0, 0.05) is 11.8 Å². The first-order chi connectivity index (χ1) is 9.74. The van der Waals surface area contributed by atoms with Crippen molar-refractivity contribution in [2.45, 2.75) is 12.0 Å². The molecule has 1 unspecified atom stereocenters. The van der Waals surface area contributed by atoms with Crippen LogP contribution < -0.4 is 0 Å². The molecule has 0 amide bonds. The van der Waals surface area contributed by atoms with Gasteiger partial charge in [0.15, 0.2) is 5.60 Å². The van der Waals surface area contributed by atoms with Gasteiger partial charge in [0.25, 0.3) is 0 Å². The third-order valence-electron chi connectivity index (χ3n) is 3.44. The lowest BCUT2D eigenvalue weighted by atomic mass is 9.88. The molecule has 1 heterocycles. The molecule has 0 radical (unpaired) electrons. The fraction of sp³-hybridized carbons (Fsp3) is 0.111. The number of para-hydroxylation sites is 1. The molecule has 3 aromatic rings. The molecule has 0 saturated carbocycles. The Hall–Kier alpha value is -2.50. The molecule has 2 heteroatoms. The molecule has 2 aromatic carbocycles. The summed E-state index contributed by atoms with van der Waals surface area (Å²) in [6.45, 7) is 0. The summed E-state index contributed by atoms with van der Waals surface area (Å²) in [4.78, 5) is 0. The van der Waals surface area contributed by atoms with Crippen LogP contribution in [0, 0.1) is 12.3 Å². The molecule has 0 spiro atoms. The van der Waals surface area contributed by atoms with Gasteiger partial charge in [0.05, 0.1) is 0 Å². The Morgan fingerprint density at radius 1 is 1.05 bits per heavy atom. The fourth-order valence-electron chi connectivity index (χ4n) is 2.38. The van der Waals surface area contributed by atoms with E-state index in [9.17, 15) is 5.11 Å². The Labute approximate surface area is 117 Å². The van der Waals surface area contributed by atoms with Crippen LogP contribution in [0.5, 0.6) is 0 Å². The molecule has 0 aliphatic rings. The molecular formula is C18H14O2. The van der Waals surface area contributed by atoms with E-state index in [0.717, 1.165) is 16.5 Å². The molecular weight excluding hydrogens is 248 g/mol. The summed E-state index contributed by atoms with van der Waals surface area (Å²) in [6.07, 6.45) is 5.60. The van der Waals surface area contributed by atoms with Crippen LogP contribution in [0.3, 0.4) is 0 Å². The maximum absolute atomic E-state index is 11.0. The van der Waals surface area contributed by atoms with Crippen molar-refractivity contribution in [1.29, 1.82) is 0 Å². The Morgan fingerprint density at radius 3 is 2.45 bits per heavy atom. The minimum atomic E-state index is -1.30. The summed E-state index contributed by atoms with van der Waals surface area (Å²) in [6, 6.07) is 18.9. The van der Waals surface area contributed by atoms with Gasteiger partial charge in [0.2, 0.25) is 0 Å². The first-order valence-electron chi connectivity index (χ1n) is 6.44. The molecule has 1 aromatic heterocycles. The SMILES string of the molecule is C#CCC(O)(c1ccccc1)c1cc2ccccc2o1. The zero-order chi connectivity index (χ0) is 14.0. The van der Waals surface area contributed by atoms with Gasteiger partial charge in [-0.3, -0.25) is 0 Å². The maximum Gasteiger partial charge on any atom is 0.158 e. The first-order valence-corrected chi connectivity index (χ1v) is 6.44. The van der Waals surface area contributed by atoms with Gasteiger partial charge >= 0.3 is 0 Å². The van der Waals surface area contributed by atoms with Crippen LogP contribution in [0.15, 0.2) is 65.1 Å². The molecule has 0 saturated heterocycles. The lowest BCUT2D eigenvalue weighted by Crippen LogP contribution is -2.26. The van der Waals surface area contributed by atoms with E-state index in [0.29, 0.717) is 5.76 Å². The summed E-state index contributed by atoms with van der Waals surface area (Å²) >= 11 is 0. The van der Waals surface area contributed by atoms with Crippen LogP contribution >= 0.6 is 0 Å². The van der Waals surface area contributed by atoms with Crippen LogP contribution in [0.2, 0.25) is 0 Å². The lowest BCUT2D eigenvalue weighted by Gasteiger charge is -2.24. The van der Waals surface area contributed by atoms with Gasteiger partial charge in [-0.25, -0.2) is 0 Å². The van der Waals surface area contributed by atoms with Gasteiger partial charge in [0.1, 0.15) is 11.3 Å². The molecule has 0 aliphatic heterocycles. The summed E-state index contributed by atoms with van der Waals surface area (Å²) in [5.41, 5.74) is 0.181. The van der Waals surface area contributed by atoms with E-state index in [1.807, 2.05) is 60.7 Å². The minimum absolute atomic E-state index is 0.164. The van der Waals surface area contributed by atoms with Crippen LogP contribution in [0.1, 0.15) is 17.7 Å². The number of aliphatic hydroxyl groups is 1. The van der Waals surface area contributed by atoms with Crippen molar-refractivity contribution in [3.63, 3.8) is 0 Å². The highest BCUT2D eigenvalue weighted by atomic mass is 16.4. The largest absolute Gasteiger partial charge is 0.458 e. The second-order valence-electron chi connectivity index (χ2n) is 4.76. The average molecular weight is 262 g/mol. The molecule has 98 valence electrons. The third-order valence-corrected chi connectivity index (χ3v) is 3.44. The van der Waals surface area contributed by atoms with Crippen molar-refractivity contribution < 1.29 is 9.52 Å². The van der Waals surface area contributed by atoms with E-state index in [1.165, 1.54) is 0 Å². The molecule has 2 nitrogen and oxygen atoms in total. The number of hydrogen-bond donors (Lipinski definition) is 1. The summed E-state index contributed by atoms with van der Waals surface area (Å²) < 4.78 is 5.79. The highest BCUT2D eigenvalue weighted by Gasteiger charge is 2.34. The number of hydrogen-bond acceptors (Lipinski definition) is 2. The molecule has 1 N–H and O–H groups in total. The number of terminal acetylenes is 1. The highest BCUT2D eigenvalue weighted by molar-refractivity contribution is 5.78. The topological polar surface area (TPSA) is 33.4 Å². The van der Waals surface area contributed by atoms with E-state index in [-0.39, 0.29) is 6.42 Å². The first kappa shape index (κ1) is 12.5. The van der Waals surface area contributed by atoms with Crippen LogP contribution in [-0.4, -0.2) is 5.11 Å². The van der Waals surface area contributed by atoms with Crippen LogP contribution in [0.4, 0.5) is 0 Å². The lowest BCUT2D eigenvalue weighted by molar-refractivity contribution is 0.0638. The fourth-order valence-corrected chi connectivity index (χ4v) is 2.38. The van der Waals surface area contributed by atoms with E-state index in [1.54, 1.807) is 0 Å². The molecule has 3 rings (SSSR count). The van der Waals surface area contributed by atoms with Gasteiger partial charge < -0.3 is 9.52 Å². The van der Waals surface area contributed by atoms with Crippen molar-refractivity contribution in [3.8, 4) is 12.3 Å². The predicted molar refractivity (Wildman–Crippen MR) is 79.1 cm³/mol. The normalized spacial score (nSPS) is 13.8. The Kier molecular flexibility index (Phi) is 3.06. The van der Waals surface area contributed by atoms with Crippen molar-refractivity contribution in [3.05, 3.63) is 72.0 Å². The summed E-state index contributed by atoms with van der Waals surface area (Å²) in [7, 11) is 0. The predicted octanol–water partition coefficient (Wildman–Crippen LogP) is 3.69. The molecule has 0 aliphatic carbocycles. The summed E-state index contributed by atoms with van der Waals surface area (Å²) in [5.74, 6) is 3.01. The number of fused-ring (bicyclic) bond motifs is 1. The molecule has 20 heavy (non-hydrogen) atoms. The maximum atomic E-state index is 11.0. The zero-order valence-corrected chi connectivity index (χ0v) is 10.9. The third kappa shape index (κ3) is 1.99. The number of benzene rings is 2. The second-order valence-corrected chi connectivity index (χ2v) is 4.76. The van der Waals surface area contributed by atoms with E-state index < -0.39 is 5.60 Å². The number of furan rings is 1. The number of rotatable bonds is 3. The molecule has 0 bridgehead atoms. The zero-order valence-electron chi connectivity index (χ0n) is 10.9. The van der Waals surface area contributed by atoms with E-state index in [2.05, 4.69) is 5.92 Å².